The third-order valence-corrected chi connectivity index (χ3v) is 0.351. The molecule has 0 spiro atoms. The molecule has 0 aliphatic heterocycles. The van der Waals surface area contributed by atoms with Gasteiger partial charge in [-0.1, -0.05) is 0 Å². The summed E-state index contributed by atoms with van der Waals surface area (Å²) in [5, 5.41) is 0. The summed E-state index contributed by atoms with van der Waals surface area (Å²) >= 11 is 4.69. The van der Waals surface area contributed by atoms with Gasteiger partial charge in [0.05, 0.1) is 0 Å². The van der Waals surface area contributed by atoms with Gasteiger partial charge in [0.15, 0.2) is 0 Å². The Balaban J connectivity index is 0. The summed E-state index contributed by atoms with van der Waals surface area (Å²) in [5.41, 5.74) is 0. The van der Waals surface area contributed by atoms with Crippen molar-refractivity contribution in [1.82, 2.24) is 0 Å². The molecule has 10 heavy (non-hydrogen) atoms. The Hall–Kier alpha value is 1.17. The topological polar surface area (TPSA) is 19.9 Å². The Labute approximate surface area is 90.0 Å². The van der Waals surface area contributed by atoms with E-state index in [1.54, 1.807) is 6.07 Å². The van der Waals surface area contributed by atoms with Gasteiger partial charge in [-0.3, -0.25) is 0 Å². The van der Waals surface area contributed by atoms with Crippen molar-refractivity contribution < 1.29 is 14.8 Å². The maximum atomic E-state index is 7.50. The zero-order valence-corrected chi connectivity index (χ0v) is 10.5. The summed E-state index contributed by atoms with van der Waals surface area (Å²) in [5.74, 6) is 0. The molecule has 0 saturated carbocycles. The summed E-state index contributed by atoms with van der Waals surface area (Å²) in [4.78, 5) is 0. The Morgan fingerprint density at radius 1 is 1.20 bits per heavy atom. The zero-order chi connectivity index (χ0) is 8.24. The normalized spacial score (nSPS) is 6.40. The van der Waals surface area contributed by atoms with Crippen molar-refractivity contribution in [2.75, 3.05) is 0 Å². The first-order valence-corrected chi connectivity index (χ1v) is 11.5. The molecule has 59 valence electrons. The van der Waals surface area contributed by atoms with E-state index >= 15 is 0 Å². The summed E-state index contributed by atoms with van der Waals surface area (Å²) in [6.45, 7) is 4.50. The van der Waals surface area contributed by atoms with Gasteiger partial charge in [-0.25, -0.2) is 0 Å². The predicted molar refractivity (Wildman–Crippen MR) is 49.3 cm³/mol. The quantitative estimate of drug-likeness (QED) is 0.253. The first kappa shape index (κ1) is 13.7. The summed E-state index contributed by atoms with van der Waals surface area (Å²) in [7, 11) is 0.770. The molecule has 1 nitrogen and oxygen atoms in total. The van der Waals surface area contributed by atoms with Crippen LogP contribution in [0, 0.1) is 30.9 Å². The van der Waals surface area contributed by atoms with E-state index in [2.05, 4.69) is 70.4 Å². The predicted octanol–water partition coefficient (Wildman–Crippen LogP) is 2.34. The summed E-state index contributed by atoms with van der Waals surface area (Å²) in [6.07, 6.45) is 0. The molecular weight excluding hydrogens is 445 g/mol. The molecule has 1 aromatic carbocycles. The van der Waals surface area contributed by atoms with Crippen molar-refractivity contribution in [1.29, 1.82) is 0 Å². The Bertz CT molecular complexity index is 110. The minimum Gasteiger partial charge on any atom is -0.999 e. The third kappa shape index (κ3) is 16.1. The molecule has 0 radical (unpaired) electrons. The first-order valence-electron chi connectivity index (χ1n) is 1.78. The molecule has 0 aromatic heterocycles. The van der Waals surface area contributed by atoms with E-state index < -0.39 is 0 Å². The van der Waals surface area contributed by atoms with Crippen molar-refractivity contribution in [2.45, 2.75) is 0 Å². The SMILES string of the molecule is [C-]#[O+].[I][Rh][I].[c-]1[c-][c-][cH-][c-]1. The molecular formula is C6HI2ORh-5. The minimum absolute atomic E-state index is 0.770. The fourth-order valence-corrected chi connectivity index (χ4v) is 0.180. The average Bonchev–Trinajstić information content (AvgIpc) is 2.48. The van der Waals surface area contributed by atoms with Gasteiger partial charge in [-0.2, -0.15) is 0 Å². The fourth-order valence-electron chi connectivity index (χ4n) is 0.180. The van der Waals surface area contributed by atoms with Crippen LogP contribution in [-0.4, -0.2) is 0 Å². The van der Waals surface area contributed by atoms with Crippen LogP contribution in [0.3, 0.4) is 0 Å². The fraction of sp³-hybridized carbons (Fsp3) is 0. The van der Waals surface area contributed by atoms with E-state index in [9.17, 15) is 0 Å². The second kappa shape index (κ2) is 16.6. The number of hydrogen-bond acceptors (Lipinski definition) is 0. The second-order valence-electron chi connectivity index (χ2n) is 0.731. The van der Waals surface area contributed by atoms with E-state index in [0.29, 0.717) is 0 Å². The van der Waals surface area contributed by atoms with Crippen LogP contribution in [-0.2, 0) is 14.8 Å². The molecule has 1 aromatic rings. The first-order chi connectivity index (χ1) is 4.91. The molecule has 0 saturated heterocycles. The van der Waals surface area contributed by atoms with Gasteiger partial charge in [-0.05, 0) is 0 Å². The van der Waals surface area contributed by atoms with Crippen LogP contribution < -0.4 is 0 Å². The van der Waals surface area contributed by atoms with E-state index in [4.69, 9.17) is 4.65 Å². The molecule has 0 atom stereocenters. The van der Waals surface area contributed by atoms with Gasteiger partial charge in [0.2, 0.25) is 0 Å². The second-order valence-corrected chi connectivity index (χ2v) is 13.4. The minimum atomic E-state index is 0.770. The maximum Gasteiger partial charge on any atom is -0.800 e. The monoisotopic (exact) mass is 446 g/mol. The van der Waals surface area contributed by atoms with Gasteiger partial charge >= 0.3 is 60.9 Å². The number of hydrogen-bond donors (Lipinski definition) is 0. The van der Waals surface area contributed by atoms with Crippen LogP contribution in [0.5, 0.6) is 0 Å². The van der Waals surface area contributed by atoms with Crippen LogP contribution in [0.1, 0.15) is 0 Å². The van der Waals surface area contributed by atoms with Crippen molar-refractivity contribution in [3.05, 3.63) is 37.0 Å². The van der Waals surface area contributed by atoms with Gasteiger partial charge < -0.3 is 30.3 Å². The van der Waals surface area contributed by atoms with Gasteiger partial charge in [0.1, 0.15) is 0 Å². The van der Waals surface area contributed by atoms with E-state index in [-0.39, 0.29) is 0 Å². The van der Waals surface area contributed by atoms with Crippen molar-refractivity contribution in [3.63, 3.8) is 0 Å². The standard InChI is InChI=1S/C5H.CO.2HI.Rh/c1-2-4-5-3-1;1-2;;;/h1H;;2*1H;/q-5;;;;+2/p-2. The van der Waals surface area contributed by atoms with Gasteiger partial charge in [0, 0.05) is 0 Å². The van der Waals surface area contributed by atoms with E-state index in [1.807, 2.05) is 0 Å². The summed E-state index contributed by atoms with van der Waals surface area (Å²) in [6, 6.07) is 12.0. The Kier molecular flexibility index (Phi) is 22.9. The largest absolute Gasteiger partial charge is 0.999 e. The van der Waals surface area contributed by atoms with Gasteiger partial charge in [0.25, 0.3) is 0 Å². The molecule has 0 amide bonds. The van der Waals surface area contributed by atoms with Crippen molar-refractivity contribution in [2.24, 2.45) is 0 Å². The van der Waals surface area contributed by atoms with Crippen LogP contribution >= 0.6 is 39.5 Å². The van der Waals surface area contributed by atoms with Crippen LogP contribution in [0.2, 0.25) is 0 Å². The van der Waals surface area contributed by atoms with Crippen LogP contribution in [0.15, 0.2) is 6.07 Å². The molecule has 0 N–H and O–H groups in total. The van der Waals surface area contributed by atoms with Gasteiger partial charge in [-0.15, -0.1) is 0 Å². The number of rotatable bonds is 0. The molecule has 0 fully saturated rings. The zero-order valence-electron chi connectivity index (χ0n) is 4.57. The molecule has 0 unspecified atom stereocenters. The summed E-state index contributed by atoms with van der Waals surface area (Å²) < 4.78 is 7.50. The molecule has 0 aliphatic rings. The third-order valence-electron chi connectivity index (χ3n) is 0.351. The van der Waals surface area contributed by atoms with Crippen molar-refractivity contribution in [3.8, 4) is 0 Å². The van der Waals surface area contributed by atoms with Crippen LogP contribution in [0.25, 0.3) is 0 Å². The smallest absolute Gasteiger partial charge is 0.800 e. The molecule has 4 heteroatoms. The Morgan fingerprint density at radius 2 is 1.50 bits per heavy atom. The van der Waals surface area contributed by atoms with Crippen molar-refractivity contribution >= 4 is 39.5 Å². The Morgan fingerprint density at radius 3 is 1.60 bits per heavy atom. The van der Waals surface area contributed by atoms with E-state index in [0.717, 1.165) is 10.1 Å². The molecule has 0 aliphatic carbocycles. The average molecular weight is 446 g/mol. The molecule has 1 rings (SSSR count). The molecule has 0 bridgehead atoms. The maximum absolute atomic E-state index is 7.50. The number of halogens is 2. The molecule has 0 heterocycles. The van der Waals surface area contributed by atoms with E-state index in [1.165, 1.54) is 0 Å². The van der Waals surface area contributed by atoms with Crippen LogP contribution in [0.4, 0.5) is 0 Å².